The molecule has 0 aromatic carbocycles. The van der Waals surface area contributed by atoms with Crippen LogP contribution in [0.15, 0.2) is 0 Å². The van der Waals surface area contributed by atoms with Gasteiger partial charge in [-0.3, -0.25) is 0 Å². The maximum atomic E-state index is 11.8. The maximum Gasteiger partial charge on any atom is 0.410 e. The van der Waals surface area contributed by atoms with Crippen molar-refractivity contribution in [3.8, 4) is 0 Å². The number of fused-ring (bicyclic) bond motifs is 1. The Bertz CT molecular complexity index is 272. The smallest absolute Gasteiger partial charge is 0.410 e. The van der Waals surface area contributed by atoms with Crippen LogP contribution in [0.5, 0.6) is 0 Å². The van der Waals surface area contributed by atoms with Crippen LogP contribution >= 0.6 is 0 Å². The first-order valence-corrected chi connectivity index (χ1v) is 5.60. The zero-order valence-corrected chi connectivity index (χ0v) is 9.69. The van der Waals surface area contributed by atoms with Gasteiger partial charge in [-0.1, -0.05) is 0 Å². The third-order valence-corrected chi connectivity index (χ3v) is 3.07. The molecule has 0 aromatic heterocycles. The van der Waals surface area contributed by atoms with Crippen molar-refractivity contribution in [2.45, 2.75) is 38.8 Å². The SMILES string of the molecule is CC(C)(C)OC(=O)N1CC(N)C2CC2C1. The van der Waals surface area contributed by atoms with Gasteiger partial charge in [-0.15, -0.1) is 0 Å². The number of piperidine rings is 1. The van der Waals surface area contributed by atoms with Crippen LogP contribution < -0.4 is 5.73 Å². The average Bonchev–Trinajstić information content (AvgIpc) is 2.79. The van der Waals surface area contributed by atoms with Gasteiger partial charge in [0.1, 0.15) is 5.60 Å². The summed E-state index contributed by atoms with van der Waals surface area (Å²) in [7, 11) is 0. The molecule has 0 aromatic rings. The number of likely N-dealkylation sites (tertiary alicyclic amines) is 1. The van der Waals surface area contributed by atoms with Crippen LogP contribution in [0.2, 0.25) is 0 Å². The Hall–Kier alpha value is -0.770. The number of hydrogen-bond donors (Lipinski definition) is 1. The van der Waals surface area contributed by atoms with Crippen LogP contribution in [0.4, 0.5) is 4.79 Å². The van der Waals surface area contributed by atoms with Gasteiger partial charge in [-0.25, -0.2) is 4.79 Å². The monoisotopic (exact) mass is 212 g/mol. The minimum Gasteiger partial charge on any atom is -0.444 e. The minimum absolute atomic E-state index is 0.149. The van der Waals surface area contributed by atoms with E-state index in [0.29, 0.717) is 18.4 Å². The first-order valence-electron chi connectivity index (χ1n) is 5.60. The minimum atomic E-state index is -0.415. The van der Waals surface area contributed by atoms with Crippen LogP contribution in [-0.4, -0.2) is 35.7 Å². The third-order valence-electron chi connectivity index (χ3n) is 3.07. The molecule has 3 unspecified atom stereocenters. The van der Waals surface area contributed by atoms with E-state index in [1.54, 1.807) is 4.90 Å². The van der Waals surface area contributed by atoms with Gasteiger partial charge < -0.3 is 15.4 Å². The van der Waals surface area contributed by atoms with E-state index in [2.05, 4.69) is 0 Å². The molecule has 4 heteroatoms. The summed E-state index contributed by atoms with van der Waals surface area (Å²) in [6, 6.07) is 0.149. The van der Waals surface area contributed by atoms with E-state index in [9.17, 15) is 4.79 Å². The Kier molecular flexibility index (Phi) is 2.41. The Morgan fingerprint density at radius 3 is 2.60 bits per heavy atom. The molecule has 4 nitrogen and oxygen atoms in total. The van der Waals surface area contributed by atoms with Crippen LogP contribution in [0.3, 0.4) is 0 Å². The number of ether oxygens (including phenoxy) is 1. The fourth-order valence-electron chi connectivity index (χ4n) is 2.23. The van der Waals surface area contributed by atoms with E-state index in [1.165, 1.54) is 6.42 Å². The van der Waals surface area contributed by atoms with Gasteiger partial charge in [-0.05, 0) is 39.0 Å². The largest absolute Gasteiger partial charge is 0.444 e. The Balaban J connectivity index is 1.90. The summed E-state index contributed by atoms with van der Waals surface area (Å²) in [5, 5.41) is 0. The molecule has 1 heterocycles. The summed E-state index contributed by atoms with van der Waals surface area (Å²) in [6.45, 7) is 7.13. The third kappa shape index (κ3) is 2.43. The quantitative estimate of drug-likeness (QED) is 0.656. The lowest BCUT2D eigenvalue weighted by molar-refractivity contribution is 0.0191. The van der Waals surface area contributed by atoms with Crippen molar-refractivity contribution in [1.82, 2.24) is 4.90 Å². The molecular formula is C11H20N2O2. The highest BCUT2D eigenvalue weighted by molar-refractivity contribution is 5.68. The molecule has 3 atom stereocenters. The molecule has 0 radical (unpaired) electrons. The van der Waals surface area contributed by atoms with Gasteiger partial charge in [0.25, 0.3) is 0 Å². The van der Waals surface area contributed by atoms with Crippen LogP contribution in [0, 0.1) is 11.8 Å². The zero-order chi connectivity index (χ0) is 11.2. The predicted molar refractivity (Wildman–Crippen MR) is 57.4 cm³/mol. The normalized spacial score (nSPS) is 34.7. The molecule has 0 bridgehead atoms. The van der Waals surface area contributed by atoms with Gasteiger partial charge in [0, 0.05) is 19.1 Å². The molecule has 2 fully saturated rings. The molecule has 2 N–H and O–H groups in total. The molecule has 1 saturated carbocycles. The topological polar surface area (TPSA) is 55.6 Å². The number of rotatable bonds is 0. The van der Waals surface area contributed by atoms with Gasteiger partial charge in [-0.2, -0.15) is 0 Å². The summed E-state index contributed by atoms with van der Waals surface area (Å²) < 4.78 is 5.32. The van der Waals surface area contributed by atoms with Crippen molar-refractivity contribution < 1.29 is 9.53 Å². The Morgan fingerprint density at radius 1 is 1.40 bits per heavy atom. The number of nitrogens with two attached hydrogens (primary N) is 1. The van der Waals surface area contributed by atoms with Crippen LogP contribution in [0.1, 0.15) is 27.2 Å². The van der Waals surface area contributed by atoms with E-state index in [1.807, 2.05) is 20.8 Å². The number of carbonyl (C=O) groups excluding carboxylic acids is 1. The maximum absolute atomic E-state index is 11.8. The molecule has 2 aliphatic rings. The summed E-state index contributed by atoms with van der Waals surface area (Å²) in [5.41, 5.74) is 5.55. The molecule has 2 rings (SSSR count). The molecule has 1 aliphatic carbocycles. The Labute approximate surface area is 90.8 Å². The fourth-order valence-corrected chi connectivity index (χ4v) is 2.23. The summed E-state index contributed by atoms with van der Waals surface area (Å²) in [4.78, 5) is 13.5. The standard InChI is InChI=1S/C11H20N2O2/c1-11(2,3)15-10(14)13-5-7-4-8(7)9(12)6-13/h7-9H,4-6,12H2,1-3H3. The molecule has 1 aliphatic heterocycles. The van der Waals surface area contributed by atoms with Gasteiger partial charge in [0.15, 0.2) is 0 Å². The van der Waals surface area contributed by atoms with Gasteiger partial charge in [0.05, 0.1) is 0 Å². The predicted octanol–water partition coefficient (Wildman–Crippen LogP) is 1.20. The lowest BCUT2D eigenvalue weighted by atomic mass is 10.1. The highest BCUT2D eigenvalue weighted by Crippen LogP contribution is 2.44. The van der Waals surface area contributed by atoms with E-state index in [0.717, 1.165) is 6.54 Å². The van der Waals surface area contributed by atoms with E-state index in [4.69, 9.17) is 10.5 Å². The summed E-state index contributed by atoms with van der Waals surface area (Å²) in [6.07, 6.45) is 0.962. The lowest BCUT2D eigenvalue weighted by Crippen LogP contribution is -2.48. The number of hydrogen-bond acceptors (Lipinski definition) is 3. The van der Waals surface area contributed by atoms with Crippen molar-refractivity contribution in [3.05, 3.63) is 0 Å². The van der Waals surface area contributed by atoms with Crippen LogP contribution in [-0.2, 0) is 4.74 Å². The van der Waals surface area contributed by atoms with E-state index in [-0.39, 0.29) is 12.1 Å². The van der Waals surface area contributed by atoms with Gasteiger partial charge >= 0.3 is 6.09 Å². The van der Waals surface area contributed by atoms with E-state index >= 15 is 0 Å². The number of nitrogens with zero attached hydrogens (tertiary/aromatic N) is 1. The first-order chi connectivity index (χ1) is 6.87. The number of amides is 1. The van der Waals surface area contributed by atoms with E-state index < -0.39 is 5.60 Å². The van der Waals surface area contributed by atoms with Crippen molar-refractivity contribution in [1.29, 1.82) is 0 Å². The van der Waals surface area contributed by atoms with Crippen molar-refractivity contribution in [2.24, 2.45) is 17.6 Å². The second kappa shape index (κ2) is 3.37. The van der Waals surface area contributed by atoms with Crippen molar-refractivity contribution in [2.75, 3.05) is 13.1 Å². The highest BCUT2D eigenvalue weighted by Gasteiger charge is 2.48. The summed E-state index contributed by atoms with van der Waals surface area (Å²) in [5.74, 6) is 1.28. The van der Waals surface area contributed by atoms with Gasteiger partial charge in [0.2, 0.25) is 0 Å². The second-order valence-electron chi connectivity index (χ2n) is 5.71. The molecule has 1 amide bonds. The number of carbonyl (C=O) groups is 1. The molecule has 1 saturated heterocycles. The Morgan fingerprint density at radius 2 is 2.07 bits per heavy atom. The second-order valence-corrected chi connectivity index (χ2v) is 5.71. The average molecular weight is 212 g/mol. The molecule has 86 valence electrons. The van der Waals surface area contributed by atoms with Crippen molar-refractivity contribution in [3.63, 3.8) is 0 Å². The highest BCUT2D eigenvalue weighted by atomic mass is 16.6. The molecule has 15 heavy (non-hydrogen) atoms. The van der Waals surface area contributed by atoms with Crippen molar-refractivity contribution >= 4 is 6.09 Å². The fraction of sp³-hybridized carbons (Fsp3) is 0.909. The molecular weight excluding hydrogens is 192 g/mol. The lowest BCUT2D eigenvalue weighted by Gasteiger charge is -2.32. The molecule has 0 spiro atoms. The van der Waals surface area contributed by atoms with Crippen LogP contribution in [0.25, 0.3) is 0 Å². The summed E-state index contributed by atoms with van der Waals surface area (Å²) >= 11 is 0. The zero-order valence-electron chi connectivity index (χ0n) is 9.69. The first kappa shape index (κ1) is 10.7.